The highest BCUT2D eigenvalue weighted by Gasteiger charge is 2.36. The van der Waals surface area contributed by atoms with Crippen molar-refractivity contribution in [3.8, 4) is 0 Å². The minimum atomic E-state index is 0.0190. The van der Waals surface area contributed by atoms with Crippen molar-refractivity contribution >= 4 is 5.91 Å². The van der Waals surface area contributed by atoms with E-state index in [1.165, 1.54) is 5.56 Å². The summed E-state index contributed by atoms with van der Waals surface area (Å²) in [6.07, 6.45) is 2.30. The number of amides is 1. The third-order valence-electron chi connectivity index (χ3n) is 3.88. The highest BCUT2D eigenvalue weighted by atomic mass is 16.2. The van der Waals surface area contributed by atoms with Crippen LogP contribution in [0.25, 0.3) is 0 Å². The van der Waals surface area contributed by atoms with E-state index in [4.69, 9.17) is 0 Å². The maximum Gasteiger partial charge on any atom is 0.229 e. The first-order chi connectivity index (χ1) is 8.86. The molecule has 96 valence electrons. The molecule has 2 heterocycles. The van der Waals surface area contributed by atoms with E-state index in [-0.39, 0.29) is 12.0 Å². The van der Waals surface area contributed by atoms with Gasteiger partial charge in [0.25, 0.3) is 0 Å². The molecule has 4 heteroatoms. The lowest BCUT2D eigenvalue weighted by atomic mass is 9.94. The lowest BCUT2D eigenvalue weighted by Gasteiger charge is -2.23. The molecule has 4 nitrogen and oxygen atoms in total. The fourth-order valence-corrected chi connectivity index (χ4v) is 2.88. The van der Waals surface area contributed by atoms with Crippen molar-refractivity contribution in [3.05, 3.63) is 35.9 Å². The normalized spacial score (nSPS) is 27.7. The van der Waals surface area contributed by atoms with E-state index in [0.717, 1.165) is 32.5 Å². The summed E-state index contributed by atoms with van der Waals surface area (Å²) in [4.78, 5) is 14.5. The second kappa shape index (κ2) is 5.08. The summed E-state index contributed by atoms with van der Waals surface area (Å²) < 4.78 is 0. The number of nitrogens with zero attached hydrogens (tertiary/aromatic N) is 1. The Balaban J connectivity index is 1.77. The van der Waals surface area contributed by atoms with Gasteiger partial charge in [-0.3, -0.25) is 10.2 Å². The monoisotopic (exact) mass is 245 g/mol. The van der Waals surface area contributed by atoms with Crippen LogP contribution in [0.5, 0.6) is 0 Å². The number of hydrazine groups is 1. The van der Waals surface area contributed by atoms with Crippen molar-refractivity contribution in [2.45, 2.75) is 18.9 Å². The number of carbonyl (C=O) groups excluding carboxylic acids is 1. The molecule has 2 saturated heterocycles. The third kappa shape index (κ3) is 2.13. The Labute approximate surface area is 107 Å². The standard InChI is InChI=1S/C14H19N3O/c18-14(17-8-4-5-9-17)12-10-15-16-13(12)11-6-2-1-3-7-11/h1-3,6-7,12-13,15-16H,4-5,8-10H2. The van der Waals surface area contributed by atoms with Crippen LogP contribution in [0.2, 0.25) is 0 Å². The fraction of sp³-hybridized carbons (Fsp3) is 0.500. The number of likely N-dealkylation sites (tertiary alicyclic amines) is 1. The molecule has 2 aliphatic rings. The van der Waals surface area contributed by atoms with Crippen molar-refractivity contribution in [2.24, 2.45) is 5.92 Å². The van der Waals surface area contributed by atoms with Crippen molar-refractivity contribution in [1.82, 2.24) is 15.8 Å². The van der Waals surface area contributed by atoms with E-state index in [9.17, 15) is 4.79 Å². The van der Waals surface area contributed by atoms with Gasteiger partial charge >= 0.3 is 0 Å². The van der Waals surface area contributed by atoms with E-state index < -0.39 is 0 Å². The van der Waals surface area contributed by atoms with Gasteiger partial charge in [0.2, 0.25) is 5.91 Å². The van der Waals surface area contributed by atoms with Crippen LogP contribution < -0.4 is 10.9 Å². The van der Waals surface area contributed by atoms with Gasteiger partial charge in [-0.1, -0.05) is 30.3 Å². The van der Waals surface area contributed by atoms with E-state index in [1.807, 2.05) is 23.1 Å². The van der Waals surface area contributed by atoms with Crippen LogP contribution in [0, 0.1) is 5.92 Å². The summed E-state index contributed by atoms with van der Waals surface area (Å²) in [6, 6.07) is 10.3. The summed E-state index contributed by atoms with van der Waals surface area (Å²) in [5.74, 6) is 0.310. The second-order valence-corrected chi connectivity index (χ2v) is 5.05. The Morgan fingerprint density at radius 3 is 2.61 bits per heavy atom. The summed E-state index contributed by atoms with van der Waals surface area (Å²) in [7, 11) is 0. The molecule has 0 aliphatic carbocycles. The molecule has 1 aromatic rings. The molecular weight excluding hydrogens is 226 g/mol. The van der Waals surface area contributed by atoms with Crippen LogP contribution in [0.4, 0.5) is 0 Å². The van der Waals surface area contributed by atoms with Gasteiger partial charge in [-0.15, -0.1) is 0 Å². The Morgan fingerprint density at radius 1 is 1.17 bits per heavy atom. The Kier molecular flexibility index (Phi) is 3.30. The second-order valence-electron chi connectivity index (χ2n) is 5.05. The number of nitrogens with one attached hydrogen (secondary N) is 2. The predicted octanol–water partition coefficient (Wildman–Crippen LogP) is 1.07. The predicted molar refractivity (Wildman–Crippen MR) is 69.6 cm³/mol. The van der Waals surface area contributed by atoms with Crippen LogP contribution >= 0.6 is 0 Å². The topological polar surface area (TPSA) is 44.4 Å². The van der Waals surface area contributed by atoms with Crippen LogP contribution in [0.3, 0.4) is 0 Å². The summed E-state index contributed by atoms with van der Waals surface area (Å²) in [5, 5.41) is 0. The van der Waals surface area contributed by atoms with Gasteiger partial charge in [0, 0.05) is 19.6 Å². The third-order valence-corrected chi connectivity index (χ3v) is 3.88. The van der Waals surface area contributed by atoms with Crippen molar-refractivity contribution < 1.29 is 4.79 Å². The van der Waals surface area contributed by atoms with Crippen LogP contribution in [0.15, 0.2) is 30.3 Å². The zero-order valence-corrected chi connectivity index (χ0v) is 10.4. The molecule has 0 radical (unpaired) electrons. The zero-order valence-electron chi connectivity index (χ0n) is 10.4. The Hall–Kier alpha value is -1.39. The summed E-state index contributed by atoms with van der Waals surface area (Å²) in [5.41, 5.74) is 7.54. The number of hydrogen-bond donors (Lipinski definition) is 2. The SMILES string of the molecule is O=C(C1CNNC1c1ccccc1)N1CCCC1. The molecule has 2 fully saturated rings. The van der Waals surface area contributed by atoms with Gasteiger partial charge < -0.3 is 4.90 Å². The molecule has 18 heavy (non-hydrogen) atoms. The van der Waals surface area contributed by atoms with Gasteiger partial charge in [0.05, 0.1) is 12.0 Å². The van der Waals surface area contributed by atoms with Gasteiger partial charge in [0.15, 0.2) is 0 Å². The molecular formula is C14H19N3O. The molecule has 0 aromatic heterocycles. The first kappa shape index (κ1) is 11.7. The van der Waals surface area contributed by atoms with Crippen molar-refractivity contribution in [2.75, 3.05) is 19.6 Å². The summed E-state index contributed by atoms with van der Waals surface area (Å²) >= 11 is 0. The van der Waals surface area contributed by atoms with E-state index in [0.29, 0.717) is 5.91 Å². The van der Waals surface area contributed by atoms with E-state index >= 15 is 0 Å². The van der Waals surface area contributed by atoms with E-state index in [1.54, 1.807) is 0 Å². The molecule has 3 rings (SSSR count). The molecule has 1 aromatic carbocycles. The van der Waals surface area contributed by atoms with Crippen LogP contribution in [-0.2, 0) is 4.79 Å². The highest BCUT2D eigenvalue weighted by Crippen LogP contribution is 2.27. The first-order valence-corrected chi connectivity index (χ1v) is 6.68. The fourth-order valence-electron chi connectivity index (χ4n) is 2.88. The minimum Gasteiger partial charge on any atom is -0.342 e. The van der Waals surface area contributed by atoms with Crippen molar-refractivity contribution in [3.63, 3.8) is 0 Å². The number of hydrogen-bond acceptors (Lipinski definition) is 3. The molecule has 0 spiro atoms. The largest absolute Gasteiger partial charge is 0.342 e. The molecule has 1 amide bonds. The first-order valence-electron chi connectivity index (χ1n) is 6.68. The minimum absolute atomic E-state index is 0.0190. The number of benzene rings is 1. The zero-order chi connectivity index (χ0) is 12.4. The maximum atomic E-state index is 12.5. The number of carbonyl (C=O) groups is 1. The number of rotatable bonds is 2. The average molecular weight is 245 g/mol. The van der Waals surface area contributed by atoms with Gasteiger partial charge in [-0.2, -0.15) is 0 Å². The quantitative estimate of drug-likeness (QED) is 0.819. The average Bonchev–Trinajstić information content (AvgIpc) is 3.10. The van der Waals surface area contributed by atoms with Gasteiger partial charge in [0.1, 0.15) is 0 Å². The molecule has 2 aliphatic heterocycles. The van der Waals surface area contributed by atoms with Gasteiger partial charge in [-0.05, 0) is 18.4 Å². The maximum absolute atomic E-state index is 12.5. The van der Waals surface area contributed by atoms with Gasteiger partial charge in [-0.25, -0.2) is 5.43 Å². The lowest BCUT2D eigenvalue weighted by Crippen LogP contribution is -2.37. The lowest BCUT2D eigenvalue weighted by molar-refractivity contribution is -0.134. The summed E-state index contributed by atoms with van der Waals surface area (Å²) in [6.45, 7) is 2.57. The molecule has 2 N–H and O–H groups in total. The van der Waals surface area contributed by atoms with Crippen LogP contribution in [-0.4, -0.2) is 30.4 Å². The Bertz CT molecular complexity index is 414. The Morgan fingerprint density at radius 2 is 1.89 bits per heavy atom. The molecule has 2 atom stereocenters. The molecule has 0 bridgehead atoms. The van der Waals surface area contributed by atoms with Crippen molar-refractivity contribution in [1.29, 1.82) is 0 Å². The highest BCUT2D eigenvalue weighted by molar-refractivity contribution is 5.80. The smallest absolute Gasteiger partial charge is 0.229 e. The van der Waals surface area contributed by atoms with E-state index in [2.05, 4.69) is 23.0 Å². The molecule has 2 unspecified atom stereocenters. The van der Waals surface area contributed by atoms with Crippen LogP contribution in [0.1, 0.15) is 24.4 Å². The molecule has 0 saturated carbocycles.